The van der Waals surface area contributed by atoms with Crippen LogP contribution in [0.5, 0.6) is 17.2 Å². The highest BCUT2D eigenvalue weighted by Crippen LogP contribution is 2.33. The molecule has 168 valence electrons. The van der Waals surface area contributed by atoms with Crippen LogP contribution in [0.3, 0.4) is 0 Å². The molecule has 1 heterocycles. The molecule has 1 aliphatic rings. The molecule has 0 bridgehead atoms. The molecule has 31 heavy (non-hydrogen) atoms. The number of esters is 1. The zero-order valence-electron chi connectivity index (χ0n) is 17.7. The molecule has 3 rings (SSSR count). The van der Waals surface area contributed by atoms with E-state index in [-0.39, 0.29) is 19.3 Å². The molecule has 0 amide bonds. The number of aliphatic hydroxyl groups excluding tert-OH is 1. The van der Waals surface area contributed by atoms with Gasteiger partial charge in [0.15, 0.2) is 11.5 Å². The Balaban J connectivity index is 1.42. The summed E-state index contributed by atoms with van der Waals surface area (Å²) in [4.78, 5) is 11.8. The zero-order valence-corrected chi connectivity index (χ0v) is 18.4. The van der Waals surface area contributed by atoms with Gasteiger partial charge in [0.1, 0.15) is 25.1 Å². The number of halogens is 1. The van der Waals surface area contributed by atoms with Crippen molar-refractivity contribution in [2.75, 3.05) is 26.4 Å². The van der Waals surface area contributed by atoms with Crippen LogP contribution in [-0.2, 0) is 16.0 Å². The van der Waals surface area contributed by atoms with Crippen LogP contribution in [-0.4, -0.2) is 55.7 Å². The molecular formula is C23H28ClNO6. The topological polar surface area (TPSA) is 86.3 Å². The SMILES string of the molecule is CCOC(=O)[C@H]1COc2cc(C[C@@H](C)NC[C@H](O)COc3ccc(Cl)cc3)ccc2O1. The predicted molar refractivity (Wildman–Crippen MR) is 117 cm³/mol. The Hall–Kier alpha value is -2.48. The van der Waals surface area contributed by atoms with E-state index in [0.717, 1.165) is 12.0 Å². The highest BCUT2D eigenvalue weighted by Gasteiger charge is 2.28. The van der Waals surface area contributed by atoms with E-state index < -0.39 is 18.2 Å². The van der Waals surface area contributed by atoms with Crippen molar-refractivity contribution in [3.63, 3.8) is 0 Å². The Morgan fingerprint density at radius 1 is 1.26 bits per heavy atom. The van der Waals surface area contributed by atoms with Gasteiger partial charge in [0.2, 0.25) is 6.10 Å². The summed E-state index contributed by atoms with van der Waals surface area (Å²) in [6.45, 7) is 4.82. The molecule has 0 unspecified atom stereocenters. The highest BCUT2D eigenvalue weighted by atomic mass is 35.5. The van der Waals surface area contributed by atoms with Crippen molar-refractivity contribution in [2.24, 2.45) is 0 Å². The molecule has 2 N–H and O–H groups in total. The number of hydrogen-bond acceptors (Lipinski definition) is 7. The standard InChI is InChI=1S/C23H28ClNO6/c1-3-28-23(27)22-14-30-21-11-16(4-9-20(21)31-22)10-15(2)25-12-18(26)13-29-19-7-5-17(24)6-8-19/h4-9,11,15,18,22,25-26H,3,10,12-14H2,1-2H3/t15-,18+,22-/m1/s1. The minimum absolute atomic E-state index is 0.125. The van der Waals surface area contributed by atoms with Crippen molar-refractivity contribution < 1.29 is 28.8 Å². The van der Waals surface area contributed by atoms with Crippen LogP contribution >= 0.6 is 11.6 Å². The summed E-state index contributed by atoms with van der Waals surface area (Å²) >= 11 is 5.85. The number of ether oxygens (including phenoxy) is 4. The lowest BCUT2D eigenvalue weighted by molar-refractivity contribution is -0.153. The van der Waals surface area contributed by atoms with Crippen LogP contribution in [0.15, 0.2) is 42.5 Å². The molecule has 0 aliphatic carbocycles. The minimum Gasteiger partial charge on any atom is -0.491 e. The number of carbonyl (C=O) groups is 1. The van der Waals surface area contributed by atoms with E-state index in [2.05, 4.69) is 5.32 Å². The van der Waals surface area contributed by atoms with Crippen molar-refractivity contribution in [3.8, 4) is 17.2 Å². The lowest BCUT2D eigenvalue weighted by atomic mass is 10.1. The normalized spacial score (nSPS) is 17.0. The number of fused-ring (bicyclic) bond motifs is 1. The average Bonchev–Trinajstić information content (AvgIpc) is 2.77. The first-order valence-corrected chi connectivity index (χ1v) is 10.7. The maximum Gasteiger partial charge on any atom is 0.350 e. The van der Waals surface area contributed by atoms with E-state index in [1.54, 1.807) is 37.3 Å². The van der Waals surface area contributed by atoms with Crippen LogP contribution in [0.25, 0.3) is 0 Å². The van der Waals surface area contributed by atoms with E-state index >= 15 is 0 Å². The molecule has 2 aromatic rings. The summed E-state index contributed by atoms with van der Waals surface area (Å²) in [6.07, 6.45) is -0.642. The van der Waals surface area contributed by atoms with Crippen molar-refractivity contribution in [1.82, 2.24) is 5.32 Å². The van der Waals surface area contributed by atoms with Crippen molar-refractivity contribution in [3.05, 3.63) is 53.1 Å². The summed E-state index contributed by atoms with van der Waals surface area (Å²) in [5, 5.41) is 14.1. The van der Waals surface area contributed by atoms with Gasteiger partial charge in [0.05, 0.1) is 6.61 Å². The quantitative estimate of drug-likeness (QED) is 0.539. The Morgan fingerprint density at radius 2 is 2.03 bits per heavy atom. The molecule has 8 heteroatoms. The summed E-state index contributed by atoms with van der Waals surface area (Å²) < 4.78 is 21.9. The van der Waals surface area contributed by atoms with Gasteiger partial charge in [0, 0.05) is 17.6 Å². The van der Waals surface area contributed by atoms with E-state index in [9.17, 15) is 9.90 Å². The van der Waals surface area contributed by atoms with Crippen molar-refractivity contribution in [1.29, 1.82) is 0 Å². The number of nitrogens with one attached hydrogen (secondary N) is 1. The third-order valence-corrected chi connectivity index (χ3v) is 4.97. The fourth-order valence-electron chi connectivity index (χ4n) is 3.14. The van der Waals surface area contributed by atoms with Gasteiger partial charge in [-0.3, -0.25) is 0 Å². The molecule has 0 spiro atoms. The second-order valence-corrected chi connectivity index (χ2v) is 7.82. The van der Waals surface area contributed by atoms with Gasteiger partial charge in [0.25, 0.3) is 0 Å². The van der Waals surface area contributed by atoms with Crippen LogP contribution in [0, 0.1) is 0 Å². The molecule has 3 atom stereocenters. The van der Waals surface area contributed by atoms with Gasteiger partial charge in [-0.2, -0.15) is 0 Å². The van der Waals surface area contributed by atoms with E-state index in [4.69, 9.17) is 30.5 Å². The molecular weight excluding hydrogens is 422 g/mol. The summed E-state index contributed by atoms with van der Waals surface area (Å²) in [6, 6.07) is 12.8. The zero-order chi connectivity index (χ0) is 22.2. The molecule has 0 radical (unpaired) electrons. The van der Waals surface area contributed by atoms with Crippen LogP contribution < -0.4 is 19.5 Å². The third-order valence-electron chi connectivity index (χ3n) is 4.72. The second-order valence-electron chi connectivity index (χ2n) is 7.38. The summed E-state index contributed by atoms with van der Waals surface area (Å²) in [5.41, 5.74) is 1.06. The first-order valence-electron chi connectivity index (χ1n) is 10.3. The van der Waals surface area contributed by atoms with Gasteiger partial charge in [-0.15, -0.1) is 0 Å². The van der Waals surface area contributed by atoms with Crippen molar-refractivity contribution >= 4 is 17.6 Å². The maximum atomic E-state index is 11.8. The number of rotatable bonds is 10. The number of hydrogen-bond donors (Lipinski definition) is 2. The second kappa shape index (κ2) is 11.2. The third kappa shape index (κ3) is 7.02. The minimum atomic E-state index is -0.740. The monoisotopic (exact) mass is 449 g/mol. The fourth-order valence-corrected chi connectivity index (χ4v) is 3.26. The van der Waals surface area contributed by atoms with Crippen LogP contribution in [0.4, 0.5) is 0 Å². The van der Waals surface area contributed by atoms with Crippen molar-refractivity contribution in [2.45, 2.75) is 38.5 Å². The van der Waals surface area contributed by atoms with E-state index in [1.807, 2.05) is 19.1 Å². The maximum absolute atomic E-state index is 11.8. The number of aliphatic hydroxyl groups is 1. The molecule has 7 nitrogen and oxygen atoms in total. The first-order chi connectivity index (χ1) is 14.9. The molecule has 0 saturated heterocycles. The number of carbonyl (C=O) groups excluding carboxylic acids is 1. The summed E-state index contributed by atoms with van der Waals surface area (Å²) in [7, 11) is 0. The van der Waals surface area contributed by atoms with Gasteiger partial charge in [-0.1, -0.05) is 17.7 Å². The van der Waals surface area contributed by atoms with E-state index in [1.165, 1.54) is 0 Å². The van der Waals surface area contributed by atoms with E-state index in [0.29, 0.717) is 35.4 Å². The number of benzene rings is 2. The summed E-state index contributed by atoms with van der Waals surface area (Å²) in [5.74, 6) is 1.39. The highest BCUT2D eigenvalue weighted by molar-refractivity contribution is 6.30. The molecule has 0 fully saturated rings. The Bertz CT molecular complexity index is 860. The smallest absolute Gasteiger partial charge is 0.350 e. The molecule has 0 saturated carbocycles. The molecule has 0 aromatic heterocycles. The van der Waals surface area contributed by atoms with Gasteiger partial charge < -0.3 is 29.4 Å². The van der Waals surface area contributed by atoms with Gasteiger partial charge >= 0.3 is 5.97 Å². The van der Waals surface area contributed by atoms with Gasteiger partial charge in [-0.25, -0.2) is 4.79 Å². The largest absolute Gasteiger partial charge is 0.491 e. The predicted octanol–water partition coefficient (Wildman–Crippen LogP) is 3.00. The fraction of sp³-hybridized carbons (Fsp3) is 0.435. The Kier molecular flexibility index (Phi) is 8.40. The Labute approximate surface area is 187 Å². The Morgan fingerprint density at radius 3 is 2.77 bits per heavy atom. The average molecular weight is 450 g/mol. The van der Waals surface area contributed by atoms with Crippen LogP contribution in [0.2, 0.25) is 5.02 Å². The lowest BCUT2D eigenvalue weighted by Gasteiger charge is -2.25. The molecule has 2 aromatic carbocycles. The lowest BCUT2D eigenvalue weighted by Crippen LogP contribution is -2.38. The van der Waals surface area contributed by atoms with Gasteiger partial charge in [-0.05, 0) is 62.2 Å². The van der Waals surface area contributed by atoms with Crippen LogP contribution in [0.1, 0.15) is 19.4 Å². The first kappa shape index (κ1) is 23.2. The molecule has 1 aliphatic heterocycles.